The summed E-state index contributed by atoms with van der Waals surface area (Å²) in [4.78, 5) is 19.9. The fourth-order valence-corrected chi connectivity index (χ4v) is 3.83. The normalized spacial score (nSPS) is 19.7. The zero-order chi connectivity index (χ0) is 20.7. The topological polar surface area (TPSA) is 94.1 Å². The molecule has 3 N–H and O–H groups in total. The van der Waals surface area contributed by atoms with Crippen LogP contribution >= 0.6 is 0 Å². The Kier molecular flexibility index (Phi) is 4.96. The number of pyridine rings is 1. The van der Waals surface area contributed by atoms with Crippen molar-refractivity contribution in [1.82, 2.24) is 25.4 Å². The molecule has 152 valence electrons. The smallest absolute Gasteiger partial charge is 0.255 e. The molecule has 0 aliphatic carbocycles. The van der Waals surface area contributed by atoms with Gasteiger partial charge in [0.15, 0.2) is 5.65 Å². The largest absolute Gasteiger partial charge is 0.508 e. The Hall–Kier alpha value is -3.00. The van der Waals surface area contributed by atoms with E-state index in [2.05, 4.69) is 27.4 Å². The van der Waals surface area contributed by atoms with Gasteiger partial charge < -0.3 is 15.3 Å². The van der Waals surface area contributed by atoms with Crippen molar-refractivity contribution in [3.63, 3.8) is 0 Å². The highest BCUT2D eigenvalue weighted by Gasteiger charge is 2.30. The van der Waals surface area contributed by atoms with E-state index in [0.29, 0.717) is 28.8 Å². The van der Waals surface area contributed by atoms with E-state index < -0.39 is 5.82 Å². The van der Waals surface area contributed by atoms with Crippen LogP contribution < -0.4 is 5.32 Å². The number of aromatic amines is 1. The summed E-state index contributed by atoms with van der Waals surface area (Å²) in [5.74, 6) is -0.890. The van der Waals surface area contributed by atoms with Crippen LogP contribution in [0.25, 0.3) is 22.3 Å². The Morgan fingerprint density at radius 3 is 2.90 bits per heavy atom. The van der Waals surface area contributed by atoms with Crippen LogP contribution in [0, 0.1) is 12.7 Å². The van der Waals surface area contributed by atoms with Crippen LogP contribution in [0.3, 0.4) is 0 Å². The Morgan fingerprint density at radius 2 is 2.17 bits per heavy atom. The Balaban J connectivity index is 1.84. The van der Waals surface area contributed by atoms with Crippen molar-refractivity contribution in [2.75, 3.05) is 13.1 Å². The molecule has 0 radical (unpaired) electrons. The fourth-order valence-electron chi connectivity index (χ4n) is 3.83. The SMILES string of the molecule is CCC1CN(C(=O)c2cc(-c3ccc(O)cc3F)nc3n[nH]c(C)c23)C(C)CN1. The van der Waals surface area contributed by atoms with E-state index in [4.69, 9.17) is 0 Å². The lowest BCUT2D eigenvalue weighted by Gasteiger charge is -2.38. The van der Waals surface area contributed by atoms with Crippen molar-refractivity contribution in [3.05, 3.63) is 41.3 Å². The number of hydrogen-bond donors (Lipinski definition) is 3. The molecule has 1 aromatic carbocycles. The van der Waals surface area contributed by atoms with Crippen LogP contribution in [0.5, 0.6) is 5.75 Å². The number of phenols is 1. The van der Waals surface area contributed by atoms with Crippen molar-refractivity contribution in [2.45, 2.75) is 39.3 Å². The number of amides is 1. The van der Waals surface area contributed by atoms with E-state index in [1.165, 1.54) is 12.1 Å². The predicted octanol–water partition coefficient (Wildman–Crippen LogP) is 2.99. The first-order valence-electron chi connectivity index (χ1n) is 9.78. The molecule has 0 saturated carbocycles. The number of aromatic nitrogens is 3. The number of aryl methyl sites for hydroxylation is 1. The minimum absolute atomic E-state index is 0.0366. The minimum atomic E-state index is -0.607. The second-order valence-electron chi connectivity index (χ2n) is 7.59. The number of nitrogens with zero attached hydrogens (tertiary/aromatic N) is 3. The summed E-state index contributed by atoms with van der Waals surface area (Å²) in [6.45, 7) is 7.28. The monoisotopic (exact) mass is 397 g/mol. The van der Waals surface area contributed by atoms with Gasteiger partial charge in [0, 0.05) is 42.5 Å². The van der Waals surface area contributed by atoms with Crippen LogP contribution in [-0.4, -0.2) is 56.3 Å². The van der Waals surface area contributed by atoms with E-state index in [1.807, 2.05) is 18.7 Å². The van der Waals surface area contributed by atoms with Crippen LogP contribution in [0.1, 0.15) is 36.3 Å². The van der Waals surface area contributed by atoms with Gasteiger partial charge in [-0.25, -0.2) is 9.37 Å². The van der Waals surface area contributed by atoms with Gasteiger partial charge in [-0.15, -0.1) is 0 Å². The molecule has 0 bridgehead atoms. The van der Waals surface area contributed by atoms with Crippen molar-refractivity contribution in [2.24, 2.45) is 0 Å². The lowest BCUT2D eigenvalue weighted by molar-refractivity contribution is 0.0607. The lowest BCUT2D eigenvalue weighted by Crippen LogP contribution is -2.57. The van der Waals surface area contributed by atoms with Gasteiger partial charge in [-0.1, -0.05) is 6.92 Å². The van der Waals surface area contributed by atoms with Gasteiger partial charge in [-0.05, 0) is 38.5 Å². The number of piperazine rings is 1. The van der Waals surface area contributed by atoms with Crippen LogP contribution in [0.15, 0.2) is 24.3 Å². The maximum Gasteiger partial charge on any atom is 0.255 e. The second-order valence-corrected chi connectivity index (χ2v) is 7.59. The summed E-state index contributed by atoms with van der Waals surface area (Å²) in [5, 5.41) is 20.7. The molecule has 7 nitrogen and oxygen atoms in total. The number of phenolic OH excluding ortho intramolecular Hbond substituents is 1. The highest BCUT2D eigenvalue weighted by Crippen LogP contribution is 2.30. The number of carbonyl (C=O) groups excluding carboxylic acids is 1. The Labute approximate surface area is 167 Å². The Morgan fingerprint density at radius 1 is 1.38 bits per heavy atom. The molecule has 4 rings (SSSR count). The van der Waals surface area contributed by atoms with E-state index >= 15 is 0 Å². The molecule has 8 heteroatoms. The van der Waals surface area contributed by atoms with E-state index in [9.17, 15) is 14.3 Å². The van der Waals surface area contributed by atoms with Gasteiger partial charge in [-0.3, -0.25) is 9.89 Å². The number of benzene rings is 1. The van der Waals surface area contributed by atoms with Crippen LogP contribution in [0.4, 0.5) is 4.39 Å². The third kappa shape index (κ3) is 3.44. The molecule has 29 heavy (non-hydrogen) atoms. The summed E-state index contributed by atoms with van der Waals surface area (Å²) in [6, 6.07) is 5.78. The van der Waals surface area contributed by atoms with Gasteiger partial charge in [0.25, 0.3) is 5.91 Å². The van der Waals surface area contributed by atoms with Crippen molar-refractivity contribution in [3.8, 4) is 17.0 Å². The number of nitrogens with one attached hydrogen (secondary N) is 2. The molecule has 3 aromatic rings. The molecule has 1 saturated heterocycles. The first-order chi connectivity index (χ1) is 13.9. The average molecular weight is 397 g/mol. The zero-order valence-corrected chi connectivity index (χ0v) is 16.7. The summed E-state index contributed by atoms with van der Waals surface area (Å²) >= 11 is 0. The van der Waals surface area contributed by atoms with Gasteiger partial charge in [0.2, 0.25) is 0 Å². The number of aromatic hydroxyl groups is 1. The molecular weight excluding hydrogens is 373 g/mol. The van der Waals surface area contributed by atoms with Crippen molar-refractivity contribution in [1.29, 1.82) is 0 Å². The highest BCUT2D eigenvalue weighted by molar-refractivity contribution is 6.07. The molecule has 2 atom stereocenters. The highest BCUT2D eigenvalue weighted by atomic mass is 19.1. The molecule has 3 heterocycles. The van der Waals surface area contributed by atoms with E-state index in [-0.39, 0.29) is 29.3 Å². The molecule has 2 aromatic heterocycles. The summed E-state index contributed by atoms with van der Waals surface area (Å²) in [5.41, 5.74) is 2.07. The molecule has 1 aliphatic heterocycles. The predicted molar refractivity (Wildman–Crippen MR) is 108 cm³/mol. The maximum atomic E-state index is 14.5. The number of H-pyrrole nitrogens is 1. The van der Waals surface area contributed by atoms with Gasteiger partial charge in [-0.2, -0.15) is 5.10 Å². The van der Waals surface area contributed by atoms with Crippen LogP contribution in [-0.2, 0) is 0 Å². The van der Waals surface area contributed by atoms with E-state index in [0.717, 1.165) is 24.7 Å². The number of fused-ring (bicyclic) bond motifs is 1. The van der Waals surface area contributed by atoms with E-state index in [1.54, 1.807) is 6.07 Å². The number of carbonyl (C=O) groups is 1. The molecule has 1 amide bonds. The van der Waals surface area contributed by atoms with Gasteiger partial charge >= 0.3 is 0 Å². The Bertz CT molecular complexity index is 1080. The van der Waals surface area contributed by atoms with Gasteiger partial charge in [0.05, 0.1) is 16.6 Å². The molecule has 1 fully saturated rings. The van der Waals surface area contributed by atoms with Crippen molar-refractivity contribution >= 4 is 16.9 Å². The van der Waals surface area contributed by atoms with Gasteiger partial charge in [0.1, 0.15) is 11.6 Å². The third-order valence-electron chi connectivity index (χ3n) is 5.57. The average Bonchev–Trinajstić information content (AvgIpc) is 3.08. The van der Waals surface area contributed by atoms with Crippen LogP contribution in [0.2, 0.25) is 0 Å². The number of halogens is 1. The first-order valence-corrected chi connectivity index (χ1v) is 9.78. The van der Waals surface area contributed by atoms with Crippen molar-refractivity contribution < 1.29 is 14.3 Å². The number of hydrogen-bond acceptors (Lipinski definition) is 5. The lowest BCUT2D eigenvalue weighted by atomic mass is 10.0. The molecule has 2 unspecified atom stereocenters. The first kappa shape index (κ1) is 19.3. The minimum Gasteiger partial charge on any atom is -0.508 e. The number of rotatable bonds is 3. The molecular formula is C21H24FN5O2. The molecule has 0 spiro atoms. The zero-order valence-electron chi connectivity index (χ0n) is 16.7. The second kappa shape index (κ2) is 7.44. The third-order valence-corrected chi connectivity index (χ3v) is 5.57. The quantitative estimate of drug-likeness (QED) is 0.632. The molecule has 1 aliphatic rings. The summed E-state index contributed by atoms with van der Waals surface area (Å²) in [7, 11) is 0. The standard InChI is InChI=1S/C21H24FN5O2/c1-4-13-10-27(11(2)9-23-13)21(29)16-8-18(15-6-5-14(28)7-17(15)22)24-20-19(16)12(3)25-26-20/h5-8,11,13,23,28H,4,9-10H2,1-3H3,(H,24,25,26). The summed E-state index contributed by atoms with van der Waals surface area (Å²) in [6.07, 6.45) is 0.928. The maximum absolute atomic E-state index is 14.5. The summed E-state index contributed by atoms with van der Waals surface area (Å²) < 4.78 is 14.5. The fraction of sp³-hybridized carbons (Fsp3) is 0.381.